The fourth-order valence-corrected chi connectivity index (χ4v) is 2.62. The molecular weight excluding hydrogens is 244 g/mol. The van der Waals surface area contributed by atoms with Gasteiger partial charge in [0.25, 0.3) is 0 Å². The molecule has 3 rings (SSSR count). The van der Waals surface area contributed by atoms with E-state index in [2.05, 4.69) is 26.3 Å². The summed E-state index contributed by atoms with van der Waals surface area (Å²) in [7, 11) is 1.83. The van der Waals surface area contributed by atoms with Crippen molar-refractivity contribution in [3.63, 3.8) is 0 Å². The van der Waals surface area contributed by atoms with Crippen LogP contribution in [0.25, 0.3) is 10.2 Å². The Morgan fingerprint density at radius 1 is 1.22 bits per heavy atom. The van der Waals surface area contributed by atoms with E-state index in [9.17, 15) is 0 Å². The van der Waals surface area contributed by atoms with E-state index >= 15 is 0 Å². The predicted molar refractivity (Wildman–Crippen MR) is 74.0 cm³/mol. The topological polar surface area (TPSA) is 50.7 Å². The summed E-state index contributed by atoms with van der Waals surface area (Å²) in [6, 6.07) is 7.99. The van der Waals surface area contributed by atoms with Crippen molar-refractivity contribution in [2.75, 3.05) is 12.4 Å². The molecule has 3 heterocycles. The van der Waals surface area contributed by atoms with Crippen LogP contribution >= 0.6 is 11.3 Å². The molecule has 0 fully saturated rings. The highest BCUT2D eigenvalue weighted by atomic mass is 32.1. The van der Waals surface area contributed by atoms with Gasteiger partial charge >= 0.3 is 0 Å². The van der Waals surface area contributed by atoms with Crippen molar-refractivity contribution in [3.8, 4) is 0 Å². The average Bonchev–Trinajstić information content (AvgIpc) is 2.88. The van der Waals surface area contributed by atoms with Crippen LogP contribution in [0, 0.1) is 0 Å². The second kappa shape index (κ2) is 4.70. The lowest BCUT2D eigenvalue weighted by Crippen LogP contribution is -2.01. The van der Waals surface area contributed by atoms with E-state index in [1.807, 2.05) is 30.6 Å². The zero-order chi connectivity index (χ0) is 12.4. The smallest absolute Gasteiger partial charge is 0.224 e. The molecule has 0 bridgehead atoms. The third kappa shape index (κ3) is 2.04. The summed E-state index contributed by atoms with van der Waals surface area (Å²) in [5.74, 6) is 0.663. The fraction of sp³-hybridized carbons (Fsp3) is 0.154. The Hall–Kier alpha value is -2.01. The van der Waals surface area contributed by atoms with Crippen LogP contribution in [-0.2, 0) is 6.42 Å². The summed E-state index contributed by atoms with van der Waals surface area (Å²) in [6.07, 6.45) is 2.53. The second-order valence-corrected chi connectivity index (χ2v) is 4.78. The molecule has 3 aromatic heterocycles. The highest BCUT2D eigenvalue weighted by molar-refractivity contribution is 7.16. The molecule has 0 aliphatic rings. The first kappa shape index (κ1) is 11.1. The maximum absolute atomic E-state index is 4.53. The van der Waals surface area contributed by atoms with E-state index < -0.39 is 0 Å². The molecule has 18 heavy (non-hydrogen) atoms. The minimum Gasteiger partial charge on any atom is -0.357 e. The van der Waals surface area contributed by atoms with Crippen LogP contribution in [0.5, 0.6) is 0 Å². The molecule has 0 spiro atoms. The first-order chi connectivity index (χ1) is 8.86. The molecule has 1 N–H and O–H groups in total. The lowest BCUT2D eigenvalue weighted by molar-refractivity contribution is 1.01. The van der Waals surface area contributed by atoms with E-state index in [-0.39, 0.29) is 0 Å². The minimum absolute atomic E-state index is 0.663. The molecule has 0 radical (unpaired) electrons. The number of pyridine rings is 1. The normalized spacial score (nSPS) is 10.7. The van der Waals surface area contributed by atoms with Crippen LogP contribution in [0.4, 0.5) is 5.95 Å². The van der Waals surface area contributed by atoms with Gasteiger partial charge in [0.1, 0.15) is 4.83 Å². The lowest BCUT2D eigenvalue weighted by Gasteiger charge is -2.05. The van der Waals surface area contributed by atoms with Gasteiger partial charge in [-0.15, -0.1) is 11.3 Å². The van der Waals surface area contributed by atoms with Gasteiger partial charge in [0.2, 0.25) is 5.95 Å². The lowest BCUT2D eigenvalue weighted by atomic mass is 10.1. The van der Waals surface area contributed by atoms with Crippen LogP contribution in [-0.4, -0.2) is 22.0 Å². The van der Waals surface area contributed by atoms with E-state index in [1.54, 1.807) is 17.5 Å². The van der Waals surface area contributed by atoms with Crippen molar-refractivity contribution in [1.82, 2.24) is 15.0 Å². The molecule has 4 nitrogen and oxygen atoms in total. The Labute approximate surface area is 109 Å². The molecule has 0 saturated carbocycles. The van der Waals surface area contributed by atoms with Crippen molar-refractivity contribution in [2.24, 2.45) is 0 Å². The molecule has 0 amide bonds. The van der Waals surface area contributed by atoms with Gasteiger partial charge in [0.05, 0.1) is 5.69 Å². The molecule has 0 aliphatic carbocycles. The molecule has 0 aliphatic heterocycles. The Kier molecular flexibility index (Phi) is 2.90. The van der Waals surface area contributed by atoms with Crippen LogP contribution in [0.2, 0.25) is 0 Å². The maximum atomic E-state index is 4.53. The van der Waals surface area contributed by atoms with Crippen LogP contribution in [0.1, 0.15) is 11.4 Å². The maximum Gasteiger partial charge on any atom is 0.224 e. The van der Waals surface area contributed by atoms with Crippen molar-refractivity contribution in [1.29, 1.82) is 0 Å². The van der Waals surface area contributed by atoms with Crippen molar-refractivity contribution in [2.45, 2.75) is 6.42 Å². The molecule has 0 atom stereocenters. The molecule has 5 heteroatoms. The zero-order valence-corrected chi connectivity index (χ0v) is 10.7. The molecule has 0 unspecified atom stereocenters. The van der Waals surface area contributed by atoms with Gasteiger partial charge in [-0.25, -0.2) is 9.97 Å². The van der Waals surface area contributed by atoms with Gasteiger partial charge in [0.15, 0.2) is 0 Å². The SMILES string of the molecule is CNc1nc(Cc2ccccn2)c2ccsc2n1. The number of fused-ring (bicyclic) bond motifs is 1. The average molecular weight is 256 g/mol. The molecule has 3 aromatic rings. The van der Waals surface area contributed by atoms with Gasteiger partial charge in [-0.05, 0) is 23.6 Å². The van der Waals surface area contributed by atoms with Gasteiger partial charge in [-0.3, -0.25) is 4.98 Å². The molecular formula is C13H12N4S. The summed E-state index contributed by atoms with van der Waals surface area (Å²) in [6.45, 7) is 0. The fourth-order valence-electron chi connectivity index (χ4n) is 1.84. The van der Waals surface area contributed by atoms with Crippen molar-refractivity contribution < 1.29 is 0 Å². The van der Waals surface area contributed by atoms with Gasteiger partial charge in [-0.1, -0.05) is 6.07 Å². The third-order valence-electron chi connectivity index (χ3n) is 2.70. The minimum atomic E-state index is 0.663. The molecule has 0 saturated heterocycles. The summed E-state index contributed by atoms with van der Waals surface area (Å²) < 4.78 is 0. The van der Waals surface area contributed by atoms with E-state index in [1.165, 1.54) is 0 Å². The summed E-state index contributed by atoms with van der Waals surface area (Å²) in [5.41, 5.74) is 2.04. The second-order valence-electron chi connectivity index (χ2n) is 3.88. The zero-order valence-electron chi connectivity index (χ0n) is 9.92. The number of hydrogen-bond donors (Lipinski definition) is 1. The quantitative estimate of drug-likeness (QED) is 0.783. The summed E-state index contributed by atoms with van der Waals surface area (Å²) >= 11 is 1.63. The standard InChI is InChI=1S/C13H12N4S/c1-14-13-16-11(8-9-4-2-3-6-15-9)10-5-7-18-12(10)17-13/h2-7H,8H2,1H3,(H,14,16,17). The van der Waals surface area contributed by atoms with Crippen molar-refractivity contribution in [3.05, 3.63) is 47.2 Å². The van der Waals surface area contributed by atoms with Crippen molar-refractivity contribution >= 4 is 27.5 Å². The van der Waals surface area contributed by atoms with Crippen LogP contribution in [0.15, 0.2) is 35.8 Å². The number of nitrogens with zero attached hydrogens (tertiary/aromatic N) is 3. The number of rotatable bonds is 3. The van der Waals surface area contributed by atoms with E-state index in [0.717, 1.165) is 28.0 Å². The Morgan fingerprint density at radius 3 is 2.94 bits per heavy atom. The Morgan fingerprint density at radius 2 is 2.17 bits per heavy atom. The number of thiophene rings is 1. The molecule has 90 valence electrons. The number of anilines is 1. The van der Waals surface area contributed by atoms with Crippen LogP contribution < -0.4 is 5.32 Å². The van der Waals surface area contributed by atoms with E-state index in [4.69, 9.17) is 0 Å². The highest BCUT2D eigenvalue weighted by Crippen LogP contribution is 2.24. The van der Waals surface area contributed by atoms with Gasteiger partial charge in [-0.2, -0.15) is 0 Å². The highest BCUT2D eigenvalue weighted by Gasteiger charge is 2.09. The van der Waals surface area contributed by atoms with Crippen LogP contribution in [0.3, 0.4) is 0 Å². The summed E-state index contributed by atoms with van der Waals surface area (Å²) in [5, 5.41) is 6.16. The first-order valence-electron chi connectivity index (χ1n) is 5.68. The predicted octanol–water partition coefficient (Wildman–Crippen LogP) is 2.72. The third-order valence-corrected chi connectivity index (χ3v) is 3.51. The number of nitrogens with one attached hydrogen (secondary N) is 1. The Bertz CT molecular complexity index is 663. The number of aromatic nitrogens is 3. The number of hydrogen-bond acceptors (Lipinski definition) is 5. The Balaban J connectivity index is 2.07. The largest absolute Gasteiger partial charge is 0.357 e. The van der Waals surface area contributed by atoms with E-state index in [0.29, 0.717) is 5.95 Å². The first-order valence-corrected chi connectivity index (χ1v) is 6.56. The van der Waals surface area contributed by atoms with Gasteiger partial charge in [0, 0.05) is 30.7 Å². The summed E-state index contributed by atoms with van der Waals surface area (Å²) in [4.78, 5) is 14.3. The van der Waals surface area contributed by atoms with Gasteiger partial charge < -0.3 is 5.32 Å². The molecule has 0 aromatic carbocycles. The monoisotopic (exact) mass is 256 g/mol.